The third-order valence-electron chi connectivity index (χ3n) is 3.37. The first-order valence-corrected chi connectivity index (χ1v) is 7.31. The highest BCUT2D eigenvalue weighted by molar-refractivity contribution is 6.10. The minimum Gasteiger partial charge on any atom is -0.354 e. The predicted molar refractivity (Wildman–Crippen MR) is 60.4 cm³/mol. The van der Waals surface area contributed by atoms with Gasteiger partial charge in [0.05, 0.1) is 22.5 Å². The van der Waals surface area contributed by atoms with Gasteiger partial charge in [0.1, 0.15) is 5.91 Å². The smallest absolute Gasteiger partial charge is 0.132 e. The maximum Gasteiger partial charge on any atom is 0.132 e. The lowest BCUT2D eigenvalue weighted by atomic mass is 10.3. The topological polar surface area (TPSA) is 18.5 Å². The molecule has 2 rings (SSSR count). The second-order valence-electron chi connectivity index (χ2n) is 4.65. The molecule has 0 aromatic rings. The van der Waals surface area contributed by atoms with Crippen molar-refractivity contribution in [3.8, 4) is 0 Å². The van der Waals surface area contributed by atoms with Crippen molar-refractivity contribution in [3.05, 3.63) is 0 Å². The minimum absolute atomic E-state index is 0.154. The number of rotatable bonds is 4. The first kappa shape index (κ1) is 10.6. The fourth-order valence-electron chi connectivity index (χ4n) is 2.62. The van der Waals surface area contributed by atoms with Gasteiger partial charge in [-0.15, -0.1) is 0 Å². The van der Waals surface area contributed by atoms with Crippen LogP contribution >= 0.6 is 0 Å². The van der Waals surface area contributed by atoms with Gasteiger partial charge in [-0.05, 0) is 25.7 Å². The van der Waals surface area contributed by atoms with Crippen LogP contribution in [0.1, 0.15) is 51.4 Å². The normalized spacial score (nSPS) is 25.5. The van der Waals surface area contributed by atoms with Crippen LogP contribution < -0.4 is 0 Å². The molecule has 3 heteroatoms. The second-order valence-corrected chi connectivity index (χ2v) is 5.60. The van der Waals surface area contributed by atoms with Gasteiger partial charge in [0.25, 0.3) is 0 Å². The van der Waals surface area contributed by atoms with Crippen molar-refractivity contribution in [2.75, 3.05) is 0 Å². The zero-order valence-electron chi connectivity index (χ0n) is 9.21. The van der Waals surface area contributed by atoms with E-state index in [2.05, 4.69) is 0 Å². The number of hydrogen-bond donors (Lipinski definition) is 0. The molecule has 0 aromatic carbocycles. The summed E-state index contributed by atoms with van der Waals surface area (Å²) in [5, 5.41) is 0. The molecule has 2 fully saturated rings. The van der Waals surface area contributed by atoms with Crippen LogP contribution in [0.25, 0.3) is 0 Å². The Kier molecular flexibility index (Phi) is 4.02. The van der Waals surface area contributed by atoms with E-state index in [0.29, 0.717) is 12.2 Å². The van der Waals surface area contributed by atoms with Gasteiger partial charge in [-0.2, -0.15) is 0 Å². The maximum atomic E-state index is 5.91. The summed E-state index contributed by atoms with van der Waals surface area (Å²) >= 11 is 0. The molecule has 0 radical (unpaired) electrons. The fraction of sp³-hybridized carbons (Fsp3) is 1.00. The Morgan fingerprint density at radius 2 is 1.14 bits per heavy atom. The molecule has 2 aliphatic carbocycles. The highest BCUT2D eigenvalue weighted by Gasteiger charge is 2.22. The van der Waals surface area contributed by atoms with E-state index >= 15 is 0 Å². The zero-order chi connectivity index (χ0) is 9.80. The summed E-state index contributed by atoms with van der Waals surface area (Å²) in [5.41, 5.74) is 0. The van der Waals surface area contributed by atoms with Crippen LogP contribution in [-0.4, -0.2) is 28.4 Å². The Bertz CT molecular complexity index is 145. The molecule has 0 saturated heterocycles. The number of ether oxygens (including phenoxy) is 2. The SMILES string of the molecule is [SiH3]C(OC1CCCC1)OC1CCCC1. The van der Waals surface area contributed by atoms with E-state index in [1.165, 1.54) is 51.4 Å². The second kappa shape index (κ2) is 5.28. The lowest BCUT2D eigenvalue weighted by Crippen LogP contribution is -2.27. The van der Waals surface area contributed by atoms with E-state index in [4.69, 9.17) is 9.47 Å². The lowest BCUT2D eigenvalue weighted by Gasteiger charge is -2.22. The summed E-state index contributed by atoms with van der Waals surface area (Å²) in [7, 11) is 1.01. The van der Waals surface area contributed by atoms with E-state index in [1.807, 2.05) is 0 Å². The van der Waals surface area contributed by atoms with Crippen LogP contribution in [0.15, 0.2) is 0 Å². The van der Waals surface area contributed by atoms with Crippen molar-refractivity contribution in [2.45, 2.75) is 69.5 Å². The molecule has 0 spiro atoms. The Labute approximate surface area is 89.8 Å². The quantitative estimate of drug-likeness (QED) is 0.522. The molecule has 82 valence electrons. The minimum atomic E-state index is 0.154. The monoisotopic (exact) mass is 214 g/mol. The summed E-state index contributed by atoms with van der Waals surface area (Å²) < 4.78 is 11.8. The van der Waals surface area contributed by atoms with Gasteiger partial charge in [-0.25, -0.2) is 0 Å². The molecule has 0 N–H and O–H groups in total. The Morgan fingerprint density at radius 3 is 1.50 bits per heavy atom. The first-order chi connectivity index (χ1) is 6.84. The Balaban J connectivity index is 1.64. The molecular formula is C11H22O2Si. The summed E-state index contributed by atoms with van der Waals surface area (Å²) in [6.07, 6.45) is 11.5. The molecule has 0 bridgehead atoms. The number of hydrogen-bond acceptors (Lipinski definition) is 2. The van der Waals surface area contributed by atoms with Crippen LogP contribution in [0.5, 0.6) is 0 Å². The largest absolute Gasteiger partial charge is 0.354 e. The molecule has 0 atom stereocenters. The average Bonchev–Trinajstić information content (AvgIpc) is 2.76. The summed E-state index contributed by atoms with van der Waals surface area (Å²) in [6.45, 7) is 0. The van der Waals surface area contributed by atoms with Gasteiger partial charge in [0.2, 0.25) is 0 Å². The van der Waals surface area contributed by atoms with Gasteiger partial charge in [-0.1, -0.05) is 25.7 Å². The van der Waals surface area contributed by atoms with Gasteiger partial charge in [0.15, 0.2) is 0 Å². The molecule has 2 aliphatic rings. The van der Waals surface area contributed by atoms with E-state index in [9.17, 15) is 0 Å². The van der Waals surface area contributed by atoms with E-state index in [-0.39, 0.29) is 5.91 Å². The average molecular weight is 214 g/mol. The molecule has 14 heavy (non-hydrogen) atoms. The van der Waals surface area contributed by atoms with Gasteiger partial charge < -0.3 is 9.47 Å². The van der Waals surface area contributed by atoms with Crippen molar-refractivity contribution < 1.29 is 9.47 Å². The van der Waals surface area contributed by atoms with E-state index < -0.39 is 0 Å². The standard InChI is InChI=1S/C11H22O2Si/c14-11(12-9-5-1-2-6-9)13-10-7-3-4-8-10/h9-11H,1-8H2,14H3. The Hall–Kier alpha value is 0.137. The van der Waals surface area contributed by atoms with E-state index in [1.54, 1.807) is 0 Å². The molecular weight excluding hydrogens is 192 g/mol. The third-order valence-corrected chi connectivity index (χ3v) is 3.92. The highest BCUT2D eigenvalue weighted by atomic mass is 28.1. The maximum absolute atomic E-state index is 5.91. The van der Waals surface area contributed by atoms with Crippen LogP contribution in [0.4, 0.5) is 0 Å². The van der Waals surface area contributed by atoms with Gasteiger partial charge in [0, 0.05) is 0 Å². The van der Waals surface area contributed by atoms with Crippen molar-refractivity contribution in [2.24, 2.45) is 0 Å². The van der Waals surface area contributed by atoms with Crippen molar-refractivity contribution in [3.63, 3.8) is 0 Å². The van der Waals surface area contributed by atoms with Gasteiger partial charge >= 0.3 is 0 Å². The van der Waals surface area contributed by atoms with Crippen molar-refractivity contribution in [1.29, 1.82) is 0 Å². The molecule has 0 aliphatic heterocycles. The Morgan fingerprint density at radius 1 is 0.786 bits per heavy atom. The summed E-state index contributed by atoms with van der Waals surface area (Å²) in [4.78, 5) is 0. The van der Waals surface area contributed by atoms with E-state index in [0.717, 1.165) is 10.2 Å². The molecule has 2 saturated carbocycles. The van der Waals surface area contributed by atoms with Crippen LogP contribution in [0.3, 0.4) is 0 Å². The molecule has 2 nitrogen and oxygen atoms in total. The summed E-state index contributed by atoms with van der Waals surface area (Å²) in [6, 6.07) is 0. The molecule has 0 unspecified atom stereocenters. The fourth-order valence-corrected chi connectivity index (χ4v) is 3.39. The van der Waals surface area contributed by atoms with Crippen LogP contribution in [0.2, 0.25) is 0 Å². The molecule has 0 heterocycles. The van der Waals surface area contributed by atoms with Crippen molar-refractivity contribution >= 4 is 10.2 Å². The predicted octanol–water partition coefficient (Wildman–Crippen LogP) is 1.55. The highest BCUT2D eigenvalue weighted by Crippen LogP contribution is 2.25. The zero-order valence-corrected chi connectivity index (χ0v) is 11.2. The molecule has 0 aromatic heterocycles. The third kappa shape index (κ3) is 3.07. The van der Waals surface area contributed by atoms with Crippen LogP contribution in [0, 0.1) is 0 Å². The lowest BCUT2D eigenvalue weighted by molar-refractivity contribution is -0.144. The van der Waals surface area contributed by atoms with Crippen LogP contribution in [-0.2, 0) is 9.47 Å². The van der Waals surface area contributed by atoms with Gasteiger partial charge in [-0.3, -0.25) is 0 Å². The molecule has 0 amide bonds. The van der Waals surface area contributed by atoms with Crippen molar-refractivity contribution in [1.82, 2.24) is 0 Å². The first-order valence-electron chi connectivity index (χ1n) is 6.15. The summed E-state index contributed by atoms with van der Waals surface area (Å²) in [5.74, 6) is 0.154.